The van der Waals surface area contributed by atoms with Crippen LogP contribution in [0, 0.1) is 5.92 Å². The molecule has 0 aromatic carbocycles. The summed E-state index contributed by atoms with van der Waals surface area (Å²) in [5.41, 5.74) is 0. The van der Waals surface area contributed by atoms with E-state index in [1.807, 2.05) is 0 Å². The number of nitrogens with zero attached hydrogens (tertiary/aromatic N) is 1. The quantitative estimate of drug-likeness (QED) is 0.566. The van der Waals surface area contributed by atoms with Crippen molar-refractivity contribution in [3.8, 4) is 0 Å². The molecule has 0 radical (unpaired) electrons. The van der Waals surface area contributed by atoms with Crippen LogP contribution < -0.4 is 5.32 Å². The minimum atomic E-state index is -0.810. The lowest BCUT2D eigenvalue weighted by Gasteiger charge is -2.18. The average Bonchev–Trinajstić information content (AvgIpc) is 2.30. The van der Waals surface area contributed by atoms with E-state index < -0.39 is 12.1 Å². The van der Waals surface area contributed by atoms with Gasteiger partial charge in [-0.15, -0.1) is 0 Å². The Hall–Kier alpha value is -1.30. The highest BCUT2D eigenvalue weighted by molar-refractivity contribution is 5.73. The molecule has 106 valence electrons. The monoisotopic (exact) mass is 260 g/mol. The van der Waals surface area contributed by atoms with Gasteiger partial charge in [-0.05, 0) is 26.2 Å². The molecule has 3 N–H and O–H groups in total. The van der Waals surface area contributed by atoms with Crippen LogP contribution in [0.4, 0.5) is 4.79 Å². The fraction of sp³-hybridized carbons (Fsp3) is 0.833. The van der Waals surface area contributed by atoms with Crippen molar-refractivity contribution in [2.45, 2.75) is 39.2 Å². The molecule has 0 spiro atoms. The van der Waals surface area contributed by atoms with Gasteiger partial charge in [0, 0.05) is 20.1 Å². The van der Waals surface area contributed by atoms with Crippen LogP contribution in [0.15, 0.2) is 0 Å². The first kappa shape index (κ1) is 16.7. The largest absolute Gasteiger partial charge is 0.481 e. The summed E-state index contributed by atoms with van der Waals surface area (Å²) in [5, 5.41) is 20.5. The molecule has 0 aliphatic rings. The lowest BCUT2D eigenvalue weighted by molar-refractivity contribution is -0.141. The fourth-order valence-electron chi connectivity index (χ4n) is 1.34. The van der Waals surface area contributed by atoms with Gasteiger partial charge in [0.15, 0.2) is 0 Å². The van der Waals surface area contributed by atoms with E-state index in [4.69, 9.17) is 10.2 Å². The zero-order valence-corrected chi connectivity index (χ0v) is 11.3. The molecule has 0 saturated heterocycles. The number of nitrogens with one attached hydrogen (secondary N) is 1. The molecule has 0 aromatic rings. The maximum Gasteiger partial charge on any atom is 0.317 e. The second-order valence-electron chi connectivity index (χ2n) is 4.67. The minimum absolute atomic E-state index is 0.196. The Bertz CT molecular complexity index is 269. The first-order valence-electron chi connectivity index (χ1n) is 6.24. The van der Waals surface area contributed by atoms with Gasteiger partial charge >= 0.3 is 12.0 Å². The number of urea groups is 1. The van der Waals surface area contributed by atoms with Crippen LogP contribution >= 0.6 is 0 Å². The van der Waals surface area contributed by atoms with Crippen molar-refractivity contribution in [1.82, 2.24) is 10.2 Å². The van der Waals surface area contributed by atoms with Gasteiger partial charge in [0.05, 0.1) is 12.0 Å². The fourth-order valence-corrected chi connectivity index (χ4v) is 1.34. The van der Waals surface area contributed by atoms with Gasteiger partial charge in [-0.25, -0.2) is 4.79 Å². The van der Waals surface area contributed by atoms with E-state index in [0.29, 0.717) is 32.4 Å². The summed E-state index contributed by atoms with van der Waals surface area (Å²) in [6, 6.07) is -0.196. The topological polar surface area (TPSA) is 89.9 Å². The van der Waals surface area contributed by atoms with Crippen LogP contribution in [0.25, 0.3) is 0 Å². The normalized spacial score (nSPS) is 13.8. The lowest BCUT2D eigenvalue weighted by Crippen LogP contribution is -2.39. The minimum Gasteiger partial charge on any atom is -0.481 e. The van der Waals surface area contributed by atoms with Crippen molar-refractivity contribution in [3.63, 3.8) is 0 Å². The molecular weight excluding hydrogens is 236 g/mol. The van der Waals surface area contributed by atoms with Gasteiger partial charge in [0.1, 0.15) is 0 Å². The van der Waals surface area contributed by atoms with E-state index in [-0.39, 0.29) is 11.9 Å². The number of carboxylic acid groups (broad SMARTS) is 1. The third-order valence-corrected chi connectivity index (χ3v) is 2.74. The van der Waals surface area contributed by atoms with Gasteiger partial charge in [-0.2, -0.15) is 0 Å². The smallest absolute Gasteiger partial charge is 0.317 e. The van der Waals surface area contributed by atoms with Gasteiger partial charge in [-0.1, -0.05) is 6.92 Å². The summed E-state index contributed by atoms with van der Waals surface area (Å²) in [5.74, 6) is -1.19. The number of hydrogen-bond donors (Lipinski definition) is 3. The summed E-state index contributed by atoms with van der Waals surface area (Å²) in [7, 11) is 1.66. The molecule has 0 aliphatic carbocycles. The standard InChI is InChI=1S/C12H24N2O4/c1-9(11(16)17)5-4-7-13-12(18)14(3)8-6-10(2)15/h9-10,15H,4-8H2,1-3H3,(H,13,18)(H,16,17). The zero-order chi connectivity index (χ0) is 14.1. The van der Waals surface area contributed by atoms with E-state index in [9.17, 15) is 9.59 Å². The van der Waals surface area contributed by atoms with Crippen LogP contribution in [0.5, 0.6) is 0 Å². The summed E-state index contributed by atoms with van der Waals surface area (Å²) in [4.78, 5) is 23.6. The maximum atomic E-state index is 11.6. The van der Waals surface area contributed by atoms with Crippen LogP contribution in [0.1, 0.15) is 33.1 Å². The number of rotatable bonds is 8. The highest BCUT2D eigenvalue weighted by atomic mass is 16.4. The lowest BCUT2D eigenvalue weighted by atomic mass is 10.1. The summed E-state index contributed by atoms with van der Waals surface area (Å²) >= 11 is 0. The summed E-state index contributed by atoms with van der Waals surface area (Å²) in [6.07, 6.45) is 1.31. The third kappa shape index (κ3) is 7.89. The van der Waals surface area contributed by atoms with E-state index in [2.05, 4.69) is 5.32 Å². The van der Waals surface area contributed by atoms with Crippen molar-refractivity contribution in [2.75, 3.05) is 20.1 Å². The molecule has 0 bridgehead atoms. The number of carboxylic acids is 1. The second kappa shape index (κ2) is 8.74. The average molecular weight is 260 g/mol. The molecule has 0 fully saturated rings. The first-order chi connectivity index (χ1) is 8.34. The highest BCUT2D eigenvalue weighted by Crippen LogP contribution is 2.04. The van der Waals surface area contributed by atoms with E-state index in [1.54, 1.807) is 20.9 Å². The predicted molar refractivity (Wildman–Crippen MR) is 68.4 cm³/mol. The van der Waals surface area contributed by atoms with Crippen molar-refractivity contribution in [1.29, 1.82) is 0 Å². The molecule has 0 saturated carbocycles. The van der Waals surface area contributed by atoms with E-state index >= 15 is 0 Å². The number of amides is 2. The summed E-state index contributed by atoms with van der Waals surface area (Å²) < 4.78 is 0. The Morgan fingerprint density at radius 1 is 1.28 bits per heavy atom. The van der Waals surface area contributed by atoms with Crippen LogP contribution in [-0.4, -0.2) is 53.4 Å². The molecule has 2 atom stereocenters. The molecule has 0 aromatic heterocycles. The van der Waals surface area contributed by atoms with Gasteiger partial charge < -0.3 is 20.4 Å². The first-order valence-corrected chi connectivity index (χ1v) is 6.24. The number of carbonyl (C=O) groups is 2. The third-order valence-electron chi connectivity index (χ3n) is 2.74. The van der Waals surface area contributed by atoms with E-state index in [1.165, 1.54) is 4.90 Å². The van der Waals surface area contributed by atoms with Crippen molar-refractivity contribution < 1.29 is 19.8 Å². The van der Waals surface area contributed by atoms with Crippen LogP contribution in [-0.2, 0) is 4.79 Å². The number of aliphatic hydroxyl groups excluding tert-OH is 1. The zero-order valence-electron chi connectivity index (χ0n) is 11.3. The van der Waals surface area contributed by atoms with Crippen molar-refractivity contribution in [3.05, 3.63) is 0 Å². The molecule has 6 nitrogen and oxygen atoms in total. The van der Waals surface area contributed by atoms with Gasteiger partial charge in [0.2, 0.25) is 0 Å². The molecule has 6 heteroatoms. The number of carbonyl (C=O) groups excluding carboxylic acids is 1. The van der Waals surface area contributed by atoms with Crippen molar-refractivity contribution >= 4 is 12.0 Å². The Labute approximate surface area is 108 Å². The Morgan fingerprint density at radius 2 is 1.89 bits per heavy atom. The Kier molecular flexibility index (Phi) is 8.11. The highest BCUT2D eigenvalue weighted by Gasteiger charge is 2.11. The van der Waals surface area contributed by atoms with Gasteiger partial charge in [-0.3, -0.25) is 4.79 Å². The molecular formula is C12H24N2O4. The van der Waals surface area contributed by atoms with Crippen LogP contribution in [0.2, 0.25) is 0 Å². The molecule has 2 amide bonds. The van der Waals surface area contributed by atoms with Crippen LogP contribution in [0.3, 0.4) is 0 Å². The molecule has 2 unspecified atom stereocenters. The number of hydrogen-bond acceptors (Lipinski definition) is 3. The van der Waals surface area contributed by atoms with E-state index in [0.717, 1.165) is 0 Å². The second-order valence-corrected chi connectivity index (χ2v) is 4.67. The van der Waals surface area contributed by atoms with Crippen molar-refractivity contribution in [2.24, 2.45) is 5.92 Å². The number of aliphatic hydroxyl groups is 1. The predicted octanol–water partition coefficient (Wildman–Crippen LogP) is 0.900. The van der Waals surface area contributed by atoms with Gasteiger partial charge in [0.25, 0.3) is 0 Å². The molecule has 0 aliphatic heterocycles. The maximum absolute atomic E-state index is 11.6. The molecule has 0 rings (SSSR count). The Balaban J connectivity index is 3.67. The summed E-state index contributed by atoms with van der Waals surface area (Å²) in [6.45, 7) is 4.29. The molecule has 0 heterocycles. The molecule has 18 heavy (non-hydrogen) atoms. The SMILES string of the molecule is CC(O)CCN(C)C(=O)NCCCC(C)C(=O)O. The Morgan fingerprint density at radius 3 is 2.39 bits per heavy atom. The number of aliphatic carboxylic acids is 1.